The molecule has 0 aliphatic heterocycles. The van der Waals surface area contributed by atoms with E-state index in [1.807, 2.05) is 18.2 Å². The van der Waals surface area contributed by atoms with Crippen LogP contribution in [0.1, 0.15) is 47.6 Å². The van der Waals surface area contributed by atoms with Gasteiger partial charge in [0.1, 0.15) is 11.4 Å². The Morgan fingerprint density at radius 1 is 1.07 bits per heavy atom. The summed E-state index contributed by atoms with van der Waals surface area (Å²) >= 11 is 0. The Morgan fingerprint density at radius 2 is 1.71 bits per heavy atom. The number of anilines is 1. The third kappa shape index (κ3) is 4.59. The molecule has 0 aliphatic carbocycles. The van der Waals surface area contributed by atoms with Gasteiger partial charge in [-0.05, 0) is 39.8 Å². The molecule has 8 nitrogen and oxygen atoms in total. The third-order valence-electron chi connectivity index (χ3n) is 3.59. The lowest BCUT2D eigenvalue weighted by Crippen LogP contribution is -2.25. The molecule has 1 aromatic carbocycles. The van der Waals surface area contributed by atoms with E-state index in [2.05, 4.69) is 20.4 Å². The zero-order valence-corrected chi connectivity index (χ0v) is 16.1. The number of carbonyl (C=O) groups is 2. The molecular formula is C20H21N5O3. The van der Waals surface area contributed by atoms with E-state index in [4.69, 9.17) is 4.74 Å². The largest absolute Gasteiger partial charge is 0.455 e. The zero-order chi connectivity index (χ0) is 20.3. The fourth-order valence-corrected chi connectivity index (χ4v) is 2.39. The molecule has 0 bridgehead atoms. The average molecular weight is 379 g/mol. The molecular weight excluding hydrogens is 358 g/mol. The van der Waals surface area contributed by atoms with Gasteiger partial charge in [0.25, 0.3) is 5.91 Å². The van der Waals surface area contributed by atoms with Gasteiger partial charge in [-0.3, -0.25) is 4.79 Å². The number of aryl methyl sites for hydroxylation is 1. The standard InChI is InChI=1S/C20H21N5O3/c1-13-21-11-14(12-22-13)23-18(26)16-10-17(19(27)28-20(2,3)4)25(24-16)15-8-6-5-7-9-15/h5-12H,1-4H3,(H,23,26). The van der Waals surface area contributed by atoms with Crippen LogP contribution in [-0.2, 0) is 4.74 Å². The van der Waals surface area contributed by atoms with Gasteiger partial charge in [0.05, 0.1) is 23.8 Å². The molecule has 0 radical (unpaired) electrons. The highest BCUT2D eigenvalue weighted by molar-refractivity contribution is 6.04. The van der Waals surface area contributed by atoms with Crippen molar-refractivity contribution in [2.45, 2.75) is 33.3 Å². The van der Waals surface area contributed by atoms with E-state index in [-0.39, 0.29) is 11.4 Å². The molecule has 0 fully saturated rings. The first-order chi connectivity index (χ1) is 13.2. The normalized spacial score (nSPS) is 11.1. The topological polar surface area (TPSA) is 99.0 Å². The van der Waals surface area contributed by atoms with E-state index in [1.165, 1.54) is 23.1 Å². The van der Waals surface area contributed by atoms with Crippen molar-refractivity contribution in [3.05, 3.63) is 66.0 Å². The number of esters is 1. The maximum Gasteiger partial charge on any atom is 0.357 e. The molecule has 3 aromatic rings. The van der Waals surface area contributed by atoms with E-state index >= 15 is 0 Å². The van der Waals surface area contributed by atoms with Gasteiger partial charge in [-0.25, -0.2) is 19.4 Å². The van der Waals surface area contributed by atoms with E-state index in [9.17, 15) is 9.59 Å². The molecule has 0 atom stereocenters. The van der Waals surface area contributed by atoms with Crippen LogP contribution in [-0.4, -0.2) is 37.2 Å². The van der Waals surface area contributed by atoms with Crippen LogP contribution in [0, 0.1) is 6.92 Å². The number of hydrogen-bond donors (Lipinski definition) is 1. The van der Waals surface area contributed by atoms with Gasteiger partial charge >= 0.3 is 5.97 Å². The van der Waals surface area contributed by atoms with Crippen LogP contribution in [0.4, 0.5) is 5.69 Å². The zero-order valence-electron chi connectivity index (χ0n) is 16.1. The first kappa shape index (κ1) is 19.2. The Kier molecular flexibility index (Phi) is 5.21. The molecule has 3 rings (SSSR count). The van der Waals surface area contributed by atoms with Gasteiger partial charge in [-0.15, -0.1) is 0 Å². The summed E-state index contributed by atoms with van der Waals surface area (Å²) in [6.45, 7) is 7.08. The van der Waals surface area contributed by atoms with Crippen molar-refractivity contribution in [3.63, 3.8) is 0 Å². The van der Waals surface area contributed by atoms with Crippen molar-refractivity contribution in [3.8, 4) is 5.69 Å². The first-order valence-electron chi connectivity index (χ1n) is 8.72. The fourth-order valence-electron chi connectivity index (χ4n) is 2.39. The molecule has 0 aliphatic rings. The van der Waals surface area contributed by atoms with Crippen molar-refractivity contribution < 1.29 is 14.3 Å². The number of para-hydroxylation sites is 1. The van der Waals surface area contributed by atoms with Gasteiger partial charge < -0.3 is 10.1 Å². The van der Waals surface area contributed by atoms with E-state index in [1.54, 1.807) is 39.8 Å². The number of rotatable bonds is 4. The number of aromatic nitrogens is 4. The number of hydrogen-bond acceptors (Lipinski definition) is 6. The van der Waals surface area contributed by atoms with Crippen LogP contribution in [0.25, 0.3) is 5.69 Å². The Balaban J connectivity index is 1.95. The van der Waals surface area contributed by atoms with Gasteiger partial charge in [0.2, 0.25) is 0 Å². The Hall–Kier alpha value is -3.55. The van der Waals surface area contributed by atoms with Crippen molar-refractivity contribution in [2.24, 2.45) is 0 Å². The highest BCUT2D eigenvalue weighted by atomic mass is 16.6. The molecule has 1 amide bonds. The van der Waals surface area contributed by atoms with E-state index in [0.717, 1.165) is 0 Å². The molecule has 2 aromatic heterocycles. The summed E-state index contributed by atoms with van der Waals surface area (Å²) in [6.07, 6.45) is 3.01. The summed E-state index contributed by atoms with van der Waals surface area (Å²) in [5.41, 5.74) is 0.631. The maximum absolute atomic E-state index is 12.7. The SMILES string of the molecule is Cc1ncc(NC(=O)c2cc(C(=O)OC(C)(C)C)n(-c3ccccc3)n2)cn1. The number of amides is 1. The predicted octanol–water partition coefficient (Wildman–Crippen LogP) is 3.18. The average Bonchev–Trinajstić information content (AvgIpc) is 3.09. The summed E-state index contributed by atoms with van der Waals surface area (Å²) in [5.74, 6) is -0.452. The number of nitrogens with one attached hydrogen (secondary N) is 1. The smallest absolute Gasteiger partial charge is 0.357 e. The molecule has 144 valence electrons. The number of carbonyl (C=O) groups excluding carboxylic acids is 2. The number of ether oxygens (including phenoxy) is 1. The second-order valence-corrected chi connectivity index (χ2v) is 7.14. The van der Waals surface area contributed by atoms with Crippen LogP contribution >= 0.6 is 0 Å². The first-order valence-corrected chi connectivity index (χ1v) is 8.72. The van der Waals surface area contributed by atoms with E-state index < -0.39 is 17.5 Å². The third-order valence-corrected chi connectivity index (χ3v) is 3.59. The Bertz CT molecular complexity index is 989. The summed E-state index contributed by atoms with van der Waals surface area (Å²) in [5, 5.41) is 6.98. The maximum atomic E-state index is 12.7. The second kappa shape index (κ2) is 7.59. The van der Waals surface area contributed by atoms with Crippen molar-refractivity contribution in [1.29, 1.82) is 0 Å². The molecule has 0 spiro atoms. The lowest BCUT2D eigenvalue weighted by Gasteiger charge is -2.19. The molecule has 1 N–H and O–H groups in total. The molecule has 8 heteroatoms. The summed E-state index contributed by atoms with van der Waals surface area (Å²) < 4.78 is 6.86. The molecule has 0 saturated carbocycles. The summed E-state index contributed by atoms with van der Waals surface area (Å²) in [6, 6.07) is 10.5. The molecule has 28 heavy (non-hydrogen) atoms. The van der Waals surface area contributed by atoms with Gasteiger partial charge in [0, 0.05) is 6.07 Å². The monoisotopic (exact) mass is 379 g/mol. The quantitative estimate of drug-likeness (QED) is 0.699. The minimum atomic E-state index is -0.676. The summed E-state index contributed by atoms with van der Waals surface area (Å²) in [7, 11) is 0. The van der Waals surface area contributed by atoms with Gasteiger partial charge in [-0.1, -0.05) is 18.2 Å². The Morgan fingerprint density at radius 3 is 2.32 bits per heavy atom. The summed E-state index contributed by atoms with van der Waals surface area (Å²) in [4.78, 5) is 33.3. The van der Waals surface area contributed by atoms with Crippen LogP contribution in [0.15, 0.2) is 48.8 Å². The fraction of sp³-hybridized carbons (Fsp3) is 0.250. The van der Waals surface area contributed by atoms with E-state index in [0.29, 0.717) is 17.2 Å². The Labute approximate surface area is 162 Å². The predicted molar refractivity (Wildman–Crippen MR) is 103 cm³/mol. The highest BCUT2D eigenvalue weighted by Crippen LogP contribution is 2.18. The number of nitrogens with zero attached hydrogens (tertiary/aromatic N) is 4. The highest BCUT2D eigenvalue weighted by Gasteiger charge is 2.25. The molecule has 0 unspecified atom stereocenters. The van der Waals surface area contributed by atoms with Crippen LogP contribution in [0.2, 0.25) is 0 Å². The molecule has 2 heterocycles. The van der Waals surface area contributed by atoms with Crippen molar-refractivity contribution in [1.82, 2.24) is 19.7 Å². The van der Waals surface area contributed by atoms with Crippen LogP contribution in [0.5, 0.6) is 0 Å². The van der Waals surface area contributed by atoms with Crippen molar-refractivity contribution >= 4 is 17.6 Å². The lowest BCUT2D eigenvalue weighted by atomic mass is 10.2. The van der Waals surface area contributed by atoms with Crippen LogP contribution in [0.3, 0.4) is 0 Å². The van der Waals surface area contributed by atoms with Gasteiger partial charge in [-0.2, -0.15) is 5.10 Å². The lowest BCUT2D eigenvalue weighted by molar-refractivity contribution is 0.00593. The minimum absolute atomic E-state index is 0.0743. The molecule has 0 saturated heterocycles. The second-order valence-electron chi connectivity index (χ2n) is 7.14. The van der Waals surface area contributed by atoms with Crippen molar-refractivity contribution in [2.75, 3.05) is 5.32 Å². The number of benzene rings is 1. The minimum Gasteiger partial charge on any atom is -0.455 e. The van der Waals surface area contributed by atoms with Crippen LogP contribution < -0.4 is 5.32 Å². The van der Waals surface area contributed by atoms with Gasteiger partial charge in [0.15, 0.2) is 11.4 Å².